The molecular weight excluding hydrogens is 525 g/mol. The van der Waals surface area contributed by atoms with Gasteiger partial charge in [0.15, 0.2) is 5.96 Å². The molecular formula is C4H22N3NaO18P4. The number of carboxylic acid groups (broad SMARTS) is 1. The molecule has 182 valence electrons. The first-order valence-corrected chi connectivity index (χ1v) is 11.7. The molecule has 0 aromatic carbocycles. The second kappa shape index (κ2) is 19.8. The Morgan fingerprint density at radius 2 is 0.900 bits per heavy atom. The zero-order valence-corrected chi connectivity index (χ0v) is 20.5. The predicted octanol–water partition coefficient (Wildman–Crippen LogP) is -7.70. The van der Waals surface area contributed by atoms with Gasteiger partial charge in [0.05, 0.1) is 0 Å². The van der Waals surface area contributed by atoms with Crippen LogP contribution in [0, 0.1) is 5.41 Å². The summed E-state index contributed by atoms with van der Waals surface area (Å²) < 4.78 is 35.5. The van der Waals surface area contributed by atoms with E-state index in [0.717, 1.165) is 4.90 Å². The van der Waals surface area contributed by atoms with Gasteiger partial charge in [-0.1, -0.05) is 0 Å². The van der Waals surface area contributed by atoms with Crippen LogP contribution in [-0.2, 0) is 23.1 Å². The Kier molecular flexibility index (Phi) is 29.1. The van der Waals surface area contributed by atoms with E-state index in [4.69, 9.17) is 93.2 Å². The van der Waals surface area contributed by atoms with Crippen LogP contribution in [-0.4, -0.2) is 94.2 Å². The number of likely N-dealkylation sites (N-methyl/N-ethyl adjacent to an activating group) is 1. The first kappa shape index (κ1) is 44.0. The maximum Gasteiger partial charge on any atom is 1.00 e. The van der Waals surface area contributed by atoms with Gasteiger partial charge in [-0.05, 0) is 0 Å². The molecule has 0 rings (SSSR count). The Labute approximate surface area is 190 Å². The van der Waals surface area contributed by atoms with Gasteiger partial charge in [-0.2, -0.15) is 0 Å². The Balaban J connectivity index is -0.0000000470. The van der Waals surface area contributed by atoms with E-state index in [1.54, 1.807) is 0 Å². The van der Waals surface area contributed by atoms with E-state index < -0.39 is 37.3 Å². The fraction of sp³-hybridized carbons (Fsp3) is 0.500. The largest absolute Gasteiger partial charge is 1.00 e. The van der Waals surface area contributed by atoms with Crippen molar-refractivity contribution in [3.05, 3.63) is 0 Å². The van der Waals surface area contributed by atoms with E-state index in [2.05, 4.69) is 0 Å². The second-order valence-corrected chi connectivity index (χ2v) is 7.79. The van der Waals surface area contributed by atoms with Crippen molar-refractivity contribution in [3.8, 4) is 0 Å². The van der Waals surface area contributed by atoms with Gasteiger partial charge in [0.2, 0.25) is 0 Å². The predicted molar refractivity (Wildman–Crippen MR) is 90.3 cm³/mol. The summed E-state index contributed by atoms with van der Waals surface area (Å²) >= 11 is 0. The maximum atomic E-state index is 9.92. The number of hydrogen-bond donors (Lipinski definition) is 15. The van der Waals surface area contributed by atoms with Crippen molar-refractivity contribution >= 4 is 43.2 Å². The number of carboxylic acids is 1. The third kappa shape index (κ3) is 311. The smallest absolute Gasteiger partial charge is 1.00 e. The average molecular weight is 547 g/mol. The quantitative estimate of drug-likeness (QED) is 0.0660. The van der Waals surface area contributed by atoms with Gasteiger partial charge >= 0.3 is 66.8 Å². The van der Waals surface area contributed by atoms with E-state index in [1.165, 1.54) is 7.05 Å². The summed E-state index contributed by atoms with van der Waals surface area (Å²) in [6, 6.07) is 0. The molecule has 0 amide bonds. The van der Waals surface area contributed by atoms with Crippen molar-refractivity contribution in [2.45, 2.75) is 0 Å². The van der Waals surface area contributed by atoms with E-state index in [1.807, 2.05) is 0 Å². The Bertz CT molecular complexity index is 539. The van der Waals surface area contributed by atoms with E-state index in [-0.39, 0.29) is 43.5 Å². The first-order valence-electron chi connectivity index (χ1n) is 5.44. The summed E-state index contributed by atoms with van der Waals surface area (Å²) in [7, 11) is -17.1. The zero-order chi connectivity index (χ0) is 25.4. The second-order valence-electron chi connectivity index (χ2n) is 3.69. The van der Waals surface area contributed by atoms with Gasteiger partial charge in [0, 0.05) is 7.05 Å². The standard InChI is InChI=1S/C4H9N3O2.Na.4H3O4P.H/c1-7(4(5)6)2-3(8)9;;4*1-5(2,3)4;/h2H2,1H3,(H3,5,6)(H,8,9);;4*(H3,1,2,3,4);/q;+1;;;;;-1. The van der Waals surface area contributed by atoms with Crippen LogP contribution in [0.15, 0.2) is 0 Å². The molecule has 0 spiro atoms. The molecule has 0 aromatic rings. The Hall–Kier alpha value is 0.180. The molecule has 0 heterocycles. The Morgan fingerprint density at radius 1 is 0.767 bits per heavy atom. The van der Waals surface area contributed by atoms with E-state index >= 15 is 0 Å². The average Bonchev–Trinajstić information content (AvgIpc) is 2.17. The summed E-state index contributed by atoms with van der Waals surface area (Å²) in [5.41, 5.74) is 4.93. The molecule has 0 radical (unpaired) electrons. The van der Waals surface area contributed by atoms with Gasteiger partial charge in [0.1, 0.15) is 6.54 Å². The summed E-state index contributed by atoms with van der Waals surface area (Å²) in [5.74, 6) is -1.23. The third-order valence-corrected chi connectivity index (χ3v) is 0.784. The number of guanidine groups is 1. The normalized spacial score (nSPS) is 10.4. The van der Waals surface area contributed by atoms with Gasteiger partial charge < -0.3 is 75.9 Å². The van der Waals surface area contributed by atoms with Crippen molar-refractivity contribution < 1.29 is 118 Å². The number of carbonyl (C=O) groups is 1. The molecule has 0 aliphatic heterocycles. The van der Waals surface area contributed by atoms with Crippen molar-refractivity contribution in [3.63, 3.8) is 0 Å². The number of hydrogen-bond acceptors (Lipinski definition) is 6. The molecule has 0 aliphatic rings. The van der Waals surface area contributed by atoms with E-state index in [0.29, 0.717) is 0 Å². The molecule has 16 N–H and O–H groups in total. The number of phosphoric acid groups is 4. The van der Waals surface area contributed by atoms with Crippen LogP contribution >= 0.6 is 31.3 Å². The fourth-order valence-electron chi connectivity index (χ4n) is 0.288. The van der Waals surface area contributed by atoms with Gasteiger partial charge in [-0.25, -0.2) is 18.3 Å². The molecule has 26 heteroatoms. The number of rotatable bonds is 2. The Morgan fingerprint density at radius 3 is 0.933 bits per heavy atom. The van der Waals surface area contributed by atoms with E-state index in [9.17, 15) is 4.79 Å². The summed E-state index contributed by atoms with van der Waals surface area (Å²) in [6.45, 7) is -0.227. The van der Waals surface area contributed by atoms with Crippen molar-refractivity contribution in [2.24, 2.45) is 5.73 Å². The minimum atomic E-state index is -4.64. The van der Waals surface area contributed by atoms with Crippen LogP contribution in [0.5, 0.6) is 0 Å². The molecule has 21 nitrogen and oxygen atoms in total. The SMILES string of the molecule is CN(CC(=O)O)C(=N)N.O=P(O)(O)O.O=P(O)(O)O.O=P(O)(O)O.O=P(O)(O)O.[H-].[Na+]. The first-order chi connectivity index (χ1) is 12.0. The molecule has 0 bridgehead atoms. The van der Waals surface area contributed by atoms with Crippen molar-refractivity contribution in [1.29, 1.82) is 5.41 Å². The summed E-state index contributed by atoms with van der Waals surface area (Å²) in [4.78, 5) is 97.3. The molecule has 0 unspecified atom stereocenters. The minimum Gasteiger partial charge on any atom is -1.00 e. The van der Waals surface area contributed by atoms with Gasteiger partial charge in [-0.3, -0.25) is 10.2 Å². The van der Waals surface area contributed by atoms with Crippen molar-refractivity contribution in [1.82, 2.24) is 4.90 Å². The van der Waals surface area contributed by atoms with Crippen LogP contribution in [0.1, 0.15) is 1.43 Å². The monoisotopic (exact) mass is 547 g/mol. The maximum absolute atomic E-state index is 9.92. The molecule has 0 aromatic heterocycles. The fourth-order valence-corrected chi connectivity index (χ4v) is 0.288. The molecule has 0 saturated heterocycles. The zero-order valence-electron chi connectivity index (χ0n) is 15.9. The van der Waals surface area contributed by atoms with Crippen molar-refractivity contribution in [2.75, 3.05) is 13.6 Å². The van der Waals surface area contributed by atoms with Crippen LogP contribution in [0.2, 0.25) is 0 Å². The molecule has 0 aliphatic carbocycles. The minimum absolute atomic E-state index is 0. The molecule has 0 atom stereocenters. The number of nitrogens with zero attached hydrogens (tertiary/aromatic N) is 1. The topological polar surface area (TPSA) is 401 Å². The number of nitrogens with two attached hydrogens (primary N) is 1. The van der Waals surface area contributed by atoms with Gasteiger partial charge in [0.25, 0.3) is 0 Å². The van der Waals surface area contributed by atoms with Crippen LogP contribution < -0.4 is 35.3 Å². The summed E-state index contributed by atoms with van der Waals surface area (Å²) in [5, 5.41) is 14.9. The number of aliphatic carboxylic acids is 1. The molecule has 0 fully saturated rings. The third-order valence-electron chi connectivity index (χ3n) is 0.784. The summed E-state index contributed by atoms with van der Waals surface area (Å²) in [6.07, 6.45) is 0. The number of nitrogens with one attached hydrogen (secondary N) is 1. The molecule has 0 saturated carbocycles. The van der Waals surface area contributed by atoms with Crippen LogP contribution in [0.4, 0.5) is 0 Å². The van der Waals surface area contributed by atoms with Gasteiger partial charge in [-0.15, -0.1) is 0 Å². The molecule has 30 heavy (non-hydrogen) atoms. The van der Waals surface area contributed by atoms with Crippen LogP contribution in [0.25, 0.3) is 0 Å². The van der Waals surface area contributed by atoms with Crippen LogP contribution in [0.3, 0.4) is 0 Å².